The number of aliphatic imine (C=N–C) groups is 1. The summed E-state index contributed by atoms with van der Waals surface area (Å²) in [5.74, 6) is 1.64. The smallest absolute Gasteiger partial charge is 0.387 e. The first-order chi connectivity index (χ1) is 14.0. The van der Waals surface area contributed by atoms with E-state index in [4.69, 9.17) is 0 Å². The maximum Gasteiger partial charge on any atom is 0.387 e. The number of aliphatic hydroxyl groups excluding tert-OH is 1. The normalized spacial score (nSPS) is 17.6. The van der Waals surface area contributed by atoms with Crippen LogP contribution < -0.4 is 15.4 Å². The highest BCUT2D eigenvalue weighted by molar-refractivity contribution is 14.0. The Hall–Kier alpha value is -1.20. The number of nitrogens with zero attached hydrogens (tertiary/aromatic N) is 2. The number of ether oxygens (including phenoxy) is 1. The topological polar surface area (TPSA) is 69.1 Å². The van der Waals surface area contributed by atoms with Crippen LogP contribution in [0.2, 0.25) is 0 Å². The summed E-state index contributed by atoms with van der Waals surface area (Å²) in [7, 11) is 0. The Morgan fingerprint density at radius 3 is 2.47 bits per heavy atom. The molecule has 0 bridgehead atoms. The third-order valence-electron chi connectivity index (χ3n) is 5.20. The minimum Gasteiger partial charge on any atom is -0.435 e. The van der Waals surface area contributed by atoms with Gasteiger partial charge in [0.05, 0.1) is 12.6 Å². The van der Waals surface area contributed by atoms with Crippen molar-refractivity contribution in [3.63, 3.8) is 0 Å². The second kappa shape index (κ2) is 12.6. The molecule has 0 radical (unpaired) electrons. The van der Waals surface area contributed by atoms with Crippen LogP contribution in [0.4, 0.5) is 8.78 Å². The number of benzene rings is 1. The number of hydrogen-bond acceptors (Lipinski definition) is 4. The van der Waals surface area contributed by atoms with Gasteiger partial charge in [0.25, 0.3) is 0 Å². The summed E-state index contributed by atoms with van der Waals surface area (Å²) in [6, 6.07) is 6.75. The van der Waals surface area contributed by atoms with E-state index in [0.29, 0.717) is 11.5 Å². The van der Waals surface area contributed by atoms with Crippen LogP contribution in [-0.2, 0) is 0 Å². The van der Waals surface area contributed by atoms with Crippen LogP contribution in [0.5, 0.6) is 5.75 Å². The van der Waals surface area contributed by atoms with Gasteiger partial charge in [-0.05, 0) is 56.2 Å². The lowest BCUT2D eigenvalue weighted by atomic mass is 10.1. The fourth-order valence-electron chi connectivity index (χ4n) is 3.31. The van der Waals surface area contributed by atoms with Crippen molar-refractivity contribution in [3.05, 3.63) is 29.8 Å². The summed E-state index contributed by atoms with van der Waals surface area (Å²) in [6.45, 7) is 3.08. The van der Waals surface area contributed by atoms with Crippen molar-refractivity contribution in [1.29, 1.82) is 0 Å². The maximum absolute atomic E-state index is 12.2. The standard InChI is InChI=1S/C21H32F2N4O2.HI/c1-2-24-21(25-11-12-27(17-7-8-17)14-15-3-4-15)26-13-19(28)16-5-9-18(10-6-16)29-20(22)23;/h5-6,9-10,15,17,19-20,28H,2-4,7-8,11-14H2,1H3,(H2,24,25,26);1H. The summed E-state index contributed by atoms with van der Waals surface area (Å²) in [5, 5.41) is 16.9. The molecule has 9 heteroatoms. The molecule has 0 aliphatic heterocycles. The number of alkyl halides is 2. The van der Waals surface area contributed by atoms with E-state index in [-0.39, 0.29) is 36.3 Å². The zero-order chi connectivity index (χ0) is 20.6. The monoisotopic (exact) mass is 538 g/mol. The average Bonchev–Trinajstić information content (AvgIpc) is 3.59. The van der Waals surface area contributed by atoms with Gasteiger partial charge in [0.1, 0.15) is 5.75 Å². The Bertz CT molecular complexity index is 655. The Labute approximate surface area is 194 Å². The van der Waals surface area contributed by atoms with E-state index in [1.54, 1.807) is 12.1 Å². The first kappa shape index (κ1) is 25.1. The zero-order valence-electron chi connectivity index (χ0n) is 17.4. The Kier molecular flexibility index (Phi) is 10.5. The van der Waals surface area contributed by atoms with Gasteiger partial charge in [-0.2, -0.15) is 8.78 Å². The van der Waals surface area contributed by atoms with Crippen molar-refractivity contribution in [3.8, 4) is 5.75 Å². The van der Waals surface area contributed by atoms with E-state index in [9.17, 15) is 13.9 Å². The second-order valence-electron chi connectivity index (χ2n) is 7.78. The van der Waals surface area contributed by atoms with Gasteiger partial charge in [-0.25, -0.2) is 0 Å². The van der Waals surface area contributed by atoms with E-state index in [1.165, 1.54) is 44.4 Å². The number of halogens is 3. The lowest BCUT2D eigenvalue weighted by molar-refractivity contribution is -0.0498. The molecule has 1 aromatic carbocycles. The van der Waals surface area contributed by atoms with Crippen LogP contribution in [0.3, 0.4) is 0 Å². The fraction of sp³-hybridized carbons (Fsp3) is 0.667. The molecule has 2 aliphatic rings. The predicted octanol–water partition coefficient (Wildman–Crippen LogP) is 3.37. The van der Waals surface area contributed by atoms with Gasteiger partial charge in [-0.3, -0.25) is 9.89 Å². The summed E-state index contributed by atoms with van der Waals surface area (Å²) in [4.78, 5) is 7.06. The van der Waals surface area contributed by atoms with Crippen molar-refractivity contribution in [2.24, 2.45) is 10.9 Å². The minimum absolute atomic E-state index is 0. The van der Waals surface area contributed by atoms with E-state index < -0.39 is 12.7 Å². The van der Waals surface area contributed by atoms with Crippen LogP contribution in [0.25, 0.3) is 0 Å². The molecular formula is C21H33F2IN4O2. The lowest BCUT2D eigenvalue weighted by Gasteiger charge is -2.22. The molecule has 0 saturated heterocycles. The molecule has 0 heterocycles. The molecule has 2 fully saturated rings. The second-order valence-corrected chi connectivity index (χ2v) is 7.78. The third kappa shape index (κ3) is 8.89. The summed E-state index contributed by atoms with van der Waals surface area (Å²) < 4.78 is 28.8. The zero-order valence-corrected chi connectivity index (χ0v) is 19.7. The van der Waals surface area contributed by atoms with Crippen molar-refractivity contribution in [2.45, 2.75) is 51.4 Å². The van der Waals surface area contributed by atoms with E-state index in [1.807, 2.05) is 6.92 Å². The molecule has 30 heavy (non-hydrogen) atoms. The van der Waals surface area contributed by atoms with Gasteiger partial charge < -0.3 is 20.5 Å². The van der Waals surface area contributed by atoms with Gasteiger partial charge in [0.2, 0.25) is 0 Å². The molecule has 1 aromatic rings. The molecule has 2 saturated carbocycles. The summed E-state index contributed by atoms with van der Waals surface area (Å²) in [6.07, 6.45) is 4.55. The molecule has 6 nitrogen and oxygen atoms in total. The van der Waals surface area contributed by atoms with Crippen molar-refractivity contribution in [2.75, 3.05) is 32.7 Å². The minimum atomic E-state index is -2.86. The molecule has 3 N–H and O–H groups in total. The molecular weight excluding hydrogens is 505 g/mol. The number of aliphatic hydroxyl groups is 1. The van der Waals surface area contributed by atoms with E-state index in [0.717, 1.165) is 31.6 Å². The fourth-order valence-corrected chi connectivity index (χ4v) is 3.31. The van der Waals surface area contributed by atoms with Crippen LogP contribution in [0, 0.1) is 5.92 Å². The summed E-state index contributed by atoms with van der Waals surface area (Å²) >= 11 is 0. The van der Waals surface area contributed by atoms with Gasteiger partial charge in [-0.15, -0.1) is 24.0 Å². The lowest BCUT2D eigenvalue weighted by Crippen LogP contribution is -2.42. The van der Waals surface area contributed by atoms with Gasteiger partial charge in [-0.1, -0.05) is 12.1 Å². The van der Waals surface area contributed by atoms with Crippen LogP contribution in [0.15, 0.2) is 29.3 Å². The Morgan fingerprint density at radius 2 is 1.90 bits per heavy atom. The quantitative estimate of drug-likeness (QED) is 0.217. The molecule has 2 aliphatic carbocycles. The predicted molar refractivity (Wildman–Crippen MR) is 125 cm³/mol. The van der Waals surface area contributed by atoms with Crippen molar-refractivity contribution < 1.29 is 18.6 Å². The van der Waals surface area contributed by atoms with Crippen LogP contribution in [-0.4, -0.2) is 61.3 Å². The highest BCUT2D eigenvalue weighted by Gasteiger charge is 2.33. The number of nitrogens with one attached hydrogen (secondary N) is 2. The van der Waals surface area contributed by atoms with E-state index >= 15 is 0 Å². The summed E-state index contributed by atoms with van der Waals surface area (Å²) in [5.41, 5.74) is 0.607. The molecule has 170 valence electrons. The molecule has 1 atom stereocenters. The van der Waals surface area contributed by atoms with Gasteiger partial charge in [0, 0.05) is 32.2 Å². The van der Waals surface area contributed by atoms with Crippen molar-refractivity contribution >= 4 is 29.9 Å². The molecule has 1 unspecified atom stereocenters. The number of guanidine groups is 1. The Morgan fingerprint density at radius 1 is 1.20 bits per heavy atom. The van der Waals surface area contributed by atoms with Crippen molar-refractivity contribution in [1.82, 2.24) is 15.5 Å². The van der Waals surface area contributed by atoms with Crippen LogP contribution >= 0.6 is 24.0 Å². The van der Waals surface area contributed by atoms with E-state index in [2.05, 4.69) is 25.3 Å². The first-order valence-corrected chi connectivity index (χ1v) is 10.5. The third-order valence-corrected chi connectivity index (χ3v) is 5.20. The first-order valence-electron chi connectivity index (χ1n) is 10.5. The SMILES string of the molecule is CCNC(=NCC(O)c1ccc(OC(F)F)cc1)NCCN(CC1CC1)C1CC1.I. The number of rotatable bonds is 12. The maximum atomic E-state index is 12.2. The molecule has 0 aromatic heterocycles. The van der Waals surface area contributed by atoms with Gasteiger partial charge >= 0.3 is 6.61 Å². The number of hydrogen-bond donors (Lipinski definition) is 3. The molecule has 0 amide bonds. The largest absolute Gasteiger partial charge is 0.435 e. The Balaban J connectivity index is 0.00000320. The highest BCUT2D eigenvalue weighted by atomic mass is 127. The van der Waals surface area contributed by atoms with Gasteiger partial charge in [0.15, 0.2) is 5.96 Å². The molecule has 0 spiro atoms. The molecule has 3 rings (SSSR count). The average molecular weight is 538 g/mol. The van der Waals surface area contributed by atoms with Crippen LogP contribution in [0.1, 0.15) is 44.3 Å². The highest BCUT2D eigenvalue weighted by Crippen LogP contribution is 2.34.